The normalized spacial score (nSPS) is 22.4. The van der Waals surface area contributed by atoms with Crippen LogP contribution in [0.25, 0.3) is 0 Å². The van der Waals surface area contributed by atoms with Crippen LogP contribution in [-0.4, -0.2) is 46.0 Å². The van der Waals surface area contributed by atoms with Crippen molar-refractivity contribution in [3.63, 3.8) is 0 Å². The van der Waals surface area contributed by atoms with Crippen molar-refractivity contribution >= 4 is 10.0 Å². The molecule has 1 aliphatic rings. The highest BCUT2D eigenvalue weighted by atomic mass is 32.2. The van der Waals surface area contributed by atoms with Crippen LogP contribution in [0.1, 0.15) is 18.9 Å². The van der Waals surface area contributed by atoms with E-state index in [1.807, 2.05) is 6.92 Å². The van der Waals surface area contributed by atoms with Gasteiger partial charge in [-0.15, -0.1) is 0 Å². The molecule has 6 nitrogen and oxygen atoms in total. The van der Waals surface area contributed by atoms with Gasteiger partial charge in [0.25, 0.3) is 0 Å². The molecule has 0 aromatic heterocycles. The van der Waals surface area contributed by atoms with Gasteiger partial charge in [0.15, 0.2) is 0 Å². The van der Waals surface area contributed by atoms with Gasteiger partial charge in [0.05, 0.1) is 24.2 Å². The quantitative estimate of drug-likeness (QED) is 0.807. The first kappa shape index (κ1) is 16.2. The summed E-state index contributed by atoms with van der Waals surface area (Å²) in [6.07, 6.45) is 0.887. The number of methoxy groups -OCH3 is 1. The smallest absolute Gasteiger partial charge is 0.241 e. The third-order valence-corrected chi connectivity index (χ3v) is 5.28. The number of sulfonamides is 1. The summed E-state index contributed by atoms with van der Waals surface area (Å²) in [6, 6.07) is 4.74. The van der Waals surface area contributed by atoms with Gasteiger partial charge in [-0.2, -0.15) is 0 Å². The third kappa shape index (κ3) is 3.74. The molecule has 0 aliphatic carbocycles. The number of hydrogen-bond acceptors (Lipinski definition) is 5. The van der Waals surface area contributed by atoms with Crippen LogP contribution in [0.2, 0.25) is 0 Å². The molecule has 1 fully saturated rings. The van der Waals surface area contributed by atoms with Crippen molar-refractivity contribution in [3.8, 4) is 5.75 Å². The highest BCUT2D eigenvalue weighted by Gasteiger charge is 2.35. The molecule has 0 saturated carbocycles. The summed E-state index contributed by atoms with van der Waals surface area (Å²) < 4.78 is 38.3. The van der Waals surface area contributed by atoms with E-state index in [0.29, 0.717) is 30.9 Å². The Morgan fingerprint density at radius 2 is 2.24 bits per heavy atom. The van der Waals surface area contributed by atoms with Crippen molar-refractivity contribution in [2.75, 3.05) is 26.9 Å². The zero-order valence-electron chi connectivity index (χ0n) is 12.3. The maximum atomic E-state index is 12.6. The second-order valence-electron chi connectivity index (χ2n) is 5.42. The van der Waals surface area contributed by atoms with Crippen molar-refractivity contribution in [2.45, 2.75) is 30.2 Å². The van der Waals surface area contributed by atoms with Gasteiger partial charge in [0, 0.05) is 13.2 Å². The van der Waals surface area contributed by atoms with E-state index in [0.717, 1.165) is 0 Å². The lowest BCUT2D eigenvalue weighted by Crippen LogP contribution is -2.46. The van der Waals surface area contributed by atoms with Crippen molar-refractivity contribution < 1.29 is 23.0 Å². The Labute approximate surface area is 125 Å². The van der Waals surface area contributed by atoms with Gasteiger partial charge in [-0.25, -0.2) is 13.1 Å². The molecule has 1 aromatic rings. The van der Waals surface area contributed by atoms with E-state index in [9.17, 15) is 8.42 Å². The molecule has 2 rings (SSSR count). The predicted molar refractivity (Wildman–Crippen MR) is 77.9 cm³/mol. The van der Waals surface area contributed by atoms with Gasteiger partial charge in [0.1, 0.15) is 5.75 Å². The molecule has 1 aliphatic heterocycles. The van der Waals surface area contributed by atoms with Gasteiger partial charge < -0.3 is 14.6 Å². The molecule has 0 spiro atoms. The van der Waals surface area contributed by atoms with Crippen molar-refractivity contribution in [2.24, 2.45) is 0 Å². The molecule has 1 heterocycles. The molecule has 118 valence electrons. The van der Waals surface area contributed by atoms with Crippen LogP contribution in [0.5, 0.6) is 5.75 Å². The van der Waals surface area contributed by atoms with Crippen molar-refractivity contribution in [1.82, 2.24) is 4.72 Å². The summed E-state index contributed by atoms with van der Waals surface area (Å²) >= 11 is 0. The van der Waals surface area contributed by atoms with Crippen LogP contribution in [0.3, 0.4) is 0 Å². The van der Waals surface area contributed by atoms with E-state index >= 15 is 0 Å². The lowest BCUT2D eigenvalue weighted by atomic mass is 10.0. The van der Waals surface area contributed by atoms with Crippen LogP contribution in [0.15, 0.2) is 23.1 Å². The summed E-state index contributed by atoms with van der Waals surface area (Å²) in [5.74, 6) is 0.563. The minimum absolute atomic E-state index is 0.129. The molecule has 2 N–H and O–H groups in total. The predicted octanol–water partition coefficient (Wildman–Crippen LogP) is 0.687. The number of hydrogen-bond donors (Lipinski definition) is 2. The summed E-state index contributed by atoms with van der Waals surface area (Å²) in [5.41, 5.74) is -0.0539. The largest absolute Gasteiger partial charge is 0.497 e. The van der Waals surface area contributed by atoms with Crippen LogP contribution >= 0.6 is 0 Å². The van der Waals surface area contributed by atoms with Crippen LogP contribution < -0.4 is 9.46 Å². The maximum Gasteiger partial charge on any atom is 0.241 e. The number of benzene rings is 1. The first-order chi connectivity index (χ1) is 9.90. The molecular formula is C14H21NO5S. The summed E-state index contributed by atoms with van der Waals surface area (Å²) in [6.45, 7) is 2.60. The number of aliphatic hydroxyl groups is 1. The van der Waals surface area contributed by atoms with Crippen molar-refractivity contribution in [3.05, 3.63) is 23.8 Å². The monoisotopic (exact) mass is 315 g/mol. The molecule has 21 heavy (non-hydrogen) atoms. The average Bonchev–Trinajstić information content (AvgIpc) is 2.84. The standard InChI is InChI=1S/C14H21NO5S/c1-14(6-8-20-10-14)15-21(17,18)13-4-3-12(19-2)9-11(13)5-7-16/h3-4,9,15-16H,5-8,10H2,1-2H3. The van der Waals surface area contributed by atoms with E-state index in [1.54, 1.807) is 12.1 Å². The van der Waals surface area contributed by atoms with E-state index < -0.39 is 15.6 Å². The van der Waals surface area contributed by atoms with Gasteiger partial charge in [-0.1, -0.05) is 0 Å². The number of nitrogens with one attached hydrogen (secondary N) is 1. The van der Waals surface area contributed by atoms with Gasteiger partial charge in [0.2, 0.25) is 10.0 Å². The lowest BCUT2D eigenvalue weighted by molar-refractivity contribution is 0.178. The van der Waals surface area contributed by atoms with E-state index in [2.05, 4.69) is 4.72 Å². The summed E-state index contributed by atoms with van der Waals surface area (Å²) in [7, 11) is -2.16. The molecule has 0 amide bonds. The molecule has 7 heteroatoms. The lowest BCUT2D eigenvalue weighted by Gasteiger charge is -2.24. The van der Waals surface area contributed by atoms with Gasteiger partial charge in [-0.3, -0.25) is 0 Å². The minimum atomic E-state index is -3.68. The van der Waals surface area contributed by atoms with E-state index in [1.165, 1.54) is 13.2 Å². The Morgan fingerprint density at radius 3 is 2.81 bits per heavy atom. The Hall–Kier alpha value is -1.15. The van der Waals surface area contributed by atoms with Crippen LogP contribution in [-0.2, 0) is 21.2 Å². The summed E-state index contributed by atoms with van der Waals surface area (Å²) in [5, 5.41) is 9.13. The number of rotatable bonds is 6. The minimum Gasteiger partial charge on any atom is -0.497 e. The molecule has 0 bridgehead atoms. The number of aliphatic hydroxyl groups excluding tert-OH is 1. The second-order valence-corrected chi connectivity index (χ2v) is 7.07. The highest BCUT2D eigenvalue weighted by molar-refractivity contribution is 7.89. The molecule has 1 aromatic carbocycles. The molecule has 1 saturated heterocycles. The summed E-state index contributed by atoms with van der Waals surface area (Å²) in [4.78, 5) is 0.172. The first-order valence-corrected chi connectivity index (χ1v) is 8.28. The molecular weight excluding hydrogens is 294 g/mol. The fraction of sp³-hybridized carbons (Fsp3) is 0.571. The SMILES string of the molecule is COc1ccc(S(=O)(=O)NC2(C)CCOC2)c(CCO)c1. The third-order valence-electron chi connectivity index (χ3n) is 3.54. The van der Waals surface area contributed by atoms with Crippen LogP contribution in [0, 0.1) is 0 Å². The van der Waals surface area contributed by atoms with Gasteiger partial charge in [-0.05, 0) is 43.5 Å². The fourth-order valence-electron chi connectivity index (χ4n) is 2.39. The topological polar surface area (TPSA) is 84.9 Å². The fourth-order valence-corrected chi connectivity index (χ4v) is 4.06. The number of ether oxygens (including phenoxy) is 2. The average molecular weight is 315 g/mol. The highest BCUT2D eigenvalue weighted by Crippen LogP contribution is 2.26. The zero-order valence-corrected chi connectivity index (χ0v) is 13.1. The Bertz CT molecular complexity index is 593. The first-order valence-electron chi connectivity index (χ1n) is 6.80. The van der Waals surface area contributed by atoms with Crippen LogP contribution in [0.4, 0.5) is 0 Å². The van der Waals surface area contributed by atoms with Gasteiger partial charge >= 0.3 is 0 Å². The Morgan fingerprint density at radius 1 is 1.48 bits per heavy atom. The van der Waals surface area contributed by atoms with Crippen molar-refractivity contribution in [1.29, 1.82) is 0 Å². The van der Waals surface area contributed by atoms with E-state index in [4.69, 9.17) is 14.6 Å². The molecule has 0 radical (unpaired) electrons. The zero-order chi connectivity index (χ0) is 15.5. The second kappa shape index (κ2) is 6.31. The maximum absolute atomic E-state index is 12.6. The Balaban J connectivity index is 2.34. The molecule has 1 atom stereocenters. The Kier molecular flexibility index (Phi) is 4.88. The molecule has 1 unspecified atom stereocenters. The van der Waals surface area contributed by atoms with E-state index in [-0.39, 0.29) is 17.9 Å².